The van der Waals surface area contributed by atoms with Crippen LogP contribution in [0.25, 0.3) is 0 Å². The van der Waals surface area contributed by atoms with Crippen LogP contribution in [-0.4, -0.2) is 53.3 Å². The monoisotopic (exact) mass is 284 g/mol. The summed E-state index contributed by atoms with van der Waals surface area (Å²) in [6, 6.07) is -0.277. The predicted molar refractivity (Wildman–Crippen MR) is 74.4 cm³/mol. The zero-order chi connectivity index (χ0) is 13.7. The van der Waals surface area contributed by atoms with E-state index in [1.807, 2.05) is 11.8 Å². The molecule has 1 aliphatic heterocycles. The largest absolute Gasteiger partial charge is 0.378 e. The van der Waals surface area contributed by atoms with Crippen LogP contribution >= 0.6 is 11.3 Å². The maximum absolute atomic E-state index is 12.2. The molecule has 1 aromatic heterocycles. The first kappa shape index (κ1) is 14.2. The highest BCUT2D eigenvalue weighted by molar-refractivity contribution is 7.15. The van der Waals surface area contributed by atoms with Gasteiger partial charge in [-0.15, -0.1) is 10.2 Å². The number of aryl methyl sites for hydroxylation is 1. The number of ether oxygens (including phenoxy) is 1. The van der Waals surface area contributed by atoms with Gasteiger partial charge in [0.15, 0.2) is 0 Å². The van der Waals surface area contributed by atoms with Crippen molar-refractivity contribution in [3.05, 3.63) is 5.01 Å². The summed E-state index contributed by atoms with van der Waals surface area (Å²) in [6.07, 6.45) is 1.99. The number of carbonyl (C=O) groups is 1. The van der Waals surface area contributed by atoms with Gasteiger partial charge in [-0.2, -0.15) is 0 Å². The summed E-state index contributed by atoms with van der Waals surface area (Å²) >= 11 is 1.52. The minimum atomic E-state index is -0.277. The molecule has 1 N–H and O–H groups in total. The number of hydrogen-bond donors (Lipinski definition) is 1. The molecule has 1 aliphatic rings. The van der Waals surface area contributed by atoms with Crippen molar-refractivity contribution in [1.29, 1.82) is 0 Å². The fourth-order valence-corrected chi connectivity index (χ4v) is 2.86. The second kappa shape index (κ2) is 6.81. The molecule has 1 aromatic rings. The SMILES string of the molecule is CCCc1nnc(NC(C)C(=O)N2CCOCC2)s1. The van der Waals surface area contributed by atoms with Crippen LogP contribution in [0.4, 0.5) is 5.13 Å². The topological polar surface area (TPSA) is 67.4 Å². The maximum Gasteiger partial charge on any atom is 0.245 e. The van der Waals surface area contributed by atoms with Gasteiger partial charge in [0.2, 0.25) is 11.0 Å². The van der Waals surface area contributed by atoms with E-state index in [1.54, 1.807) is 0 Å². The van der Waals surface area contributed by atoms with E-state index in [0.29, 0.717) is 26.3 Å². The van der Waals surface area contributed by atoms with Crippen LogP contribution in [0.3, 0.4) is 0 Å². The highest BCUT2D eigenvalue weighted by atomic mass is 32.1. The summed E-state index contributed by atoms with van der Waals surface area (Å²) < 4.78 is 5.24. The lowest BCUT2D eigenvalue weighted by atomic mass is 10.2. The first-order chi connectivity index (χ1) is 9.20. The Morgan fingerprint density at radius 2 is 2.21 bits per heavy atom. The van der Waals surface area contributed by atoms with Crippen LogP contribution in [0.5, 0.6) is 0 Å². The van der Waals surface area contributed by atoms with Crippen LogP contribution in [-0.2, 0) is 16.0 Å². The Morgan fingerprint density at radius 1 is 1.47 bits per heavy atom. The van der Waals surface area contributed by atoms with Gasteiger partial charge < -0.3 is 15.0 Å². The molecule has 0 bridgehead atoms. The van der Waals surface area contributed by atoms with E-state index in [1.165, 1.54) is 11.3 Å². The molecule has 0 spiro atoms. The normalized spacial score (nSPS) is 17.3. The van der Waals surface area contributed by atoms with Crippen LogP contribution in [0, 0.1) is 0 Å². The number of anilines is 1. The quantitative estimate of drug-likeness (QED) is 0.878. The highest BCUT2D eigenvalue weighted by Crippen LogP contribution is 2.17. The van der Waals surface area contributed by atoms with E-state index in [2.05, 4.69) is 22.4 Å². The molecule has 1 amide bonds. The van der Waals surface area contributed by atoms with E-state index in [4.69, 9.17) is 4.74 Å². The first-order valence-electron chi connectivity index (χ1n) is 6.66. The Morgan fingerprint density at radius 3 is 2.89 bits per heavy atom. The van der Waals surface area contributed by atoms with Crippen molar-refractivity contribution >= 4 is 22.4 Å². The van der Waals surface area contributed by atoms with Gasteiger partial charge in [0.1, 0.15) is 11.0 Å². The average molecular weight is 284 g/mol. The summed E-state index contributed by atoms with van der Waals surface area (Å²) in [7, 11) is 0. The number of amides is 1. The Labute approximate surface area is 117 Å². The van der Waals surface area contributed by atoms with Gasteiger partial charge in [-0.05, 0) is 13.3 Å². The number of nitrogens with zero attached hydrogens (tertiary/aromatic N) is 3. The first-order valence-corrected chi connectivity index (χ1v) is 7.47. The molecule has 19 heavy (non-hydrogen) atoms. The van der Waals surface area contributed by atoms with E-state index in [0.717, 1.165) is 23.0 Å². The Balaban J connectivity index is 1.88. The number of rotatable bonds is 5. The molecule has 1 atom stereocenters. The molecular formula is C12H20N4O2S. The van der Waals surface area contributed by atoms with Gasteiger partial charge in [-0.25, -0.2) is 0 Å². The molecule has 0 aromatic carbocycles. The average Bonchev–Trinajstić information content (AvgIpc) is 2.86. The molecule has 106 valence electrons. The van der Waals surface area contributed by atoms with Crippen molar-refractivity contribution in [2.45, 2.75) is 32.7 Å². The minimum Gasteiger partial charge on any atom is -0.378 e. The molecule has 1 fully saturated rings. The fourth-order valence-electron chi connectivity index (χ4n) is 1.93. The van der Waals surface area contributed by atoms with Crippen molar-refractivity contribution in [2.24, 2.45) is 0 Å². The molecule has 0 aliphatic carbocycles. The van der Waals surface area contributed by atoms with Crippen LogP contribution in [0.15, 0.2) is 0 Å². The molecule has 2 heterocycles. The number of morpholine rings is 1. The Bertz CT molecular complexity index is 418. The van der Waals surface area contributed by atoms with E-state index < -0.39 is 0 Å². The second-order valence-corrected chi connectivity index (χ2v) is 5.62. The maximum atomic E-state index is 12.2. The van der Waals surface area contributed by atoms with Crippen molar-refractivity contribution < 1.29 is 9.53 Å². The number of carbonyl (C=O) groups excluding carboxylic acids is 1. The van der Waals surface area contributed by atoms with Crippen LogP contribution in [0.1, 0.15) is 25.3 Å². The van der Waals surface area contributed by atoms with Crippen molar-refractivity contribution in [1.82, 2.24) is 15.1 Å². The van der Waals surface area contributed by atoms with Gasteiger partial charge in [0.05, 0.1) is 13.2 Å². The Hall–Kier alpha value is -1.21. The van der Waals surface area contributed by atoms with Gasteiger partial charge in [-0.3, -0.25) is 4.79 Å². The molecule has 7 heteroatoms. The van der Waals surface area contributed by atoms with E-state index >= 15 is 0 Å². The molecule has 1 unspecified atom stereocenters. The second-order valence-electron chi connectivity index (χ2n) is 4.55. The Kier molecular flexibility index (Phi) is 5.09. The lowest BCUT2D eigenvalue weighted by Gasteiger charge is -2.29. The molecule has 0 radical (unpaired) electrons. The summed E-state index contributed by atoms with van der Waals surface area (Å²) in [5.41, 5.74) is 0. The zero-order valence-electron chi connectivity index (χ0n) is 11.4. The number of hydrogen-bond acceptors (Lipinski definition) is 6. The van der Waals surface area contributed by atoms with Crippen LogP contribution < -0.4 is 5.32 Å². The van der Waals surface area contributed by atoms with E-state index in [-0.39, 0.29) is 11.9 Å². The van der Waals surface area contributed by atoms with E-state index in [9.17, 15) is 4.79 Å². The number of nitrogens with one attached hydrogen (secondary N) is 1. The lowest BCUT2D eigenvalue weighted by Crippen LogP contribution is -2.46. The molecule has 0 saturated carbocycles. The predicted octanol–water partition coefficient (Wildman–Crippen LogP) is 1.15. The third-order valence-corrected chi connectivity index (χ3v) is 3.88. The summed E-state index contributed by atoms with van der Waals surface area (Å²) in [6.45, 7) is 6.55. The van der Waals surface area contributed by atoms with Crippen molar-refractivity contribution in [3.63, 3.8) is 0 Å². The summed E-state index contributed by atoms with van der Waals surface area (Å²) in [4.78, 5) is 14.0. The summed E-state index contributed by atoms with van der Waals surface area (Å²) in [5.74, 6) is 0.0931. The summed E-state index contributed by atoms with van der Waals surface area (Å²) in [5, 5.41) is 13.0. The standard InChI is InChI=1S/C12H20N4O2S/c1-3-4-10-14-15-12(19-10)13-9(2)11(17)16-5-7-18-8-6-16/h9H,3-8H2,1-2H3,(H,13,15). The van der Waals surface area contributed by atoms with Gasteiger partial charge in [0.25, 0.3) is 0 Å². The van der Waals surface area contributed by atoms with Gasteiger partial charge >= 0.3 is 0 Å². The van der Waals surface area contributed by atoms with Crippen molar-refractivity contribution in [3.8, 4) is 0 Å². The van der Waals surface area contributed by atoms with Crippen LogP contribution in [0.2, 0.25) is 0 Å². The lowest BCUT2D eigenvalue weighted by molar-refractivity contribution is -0.135. The fraction of sp³-hybridized carbons (Fsp3) is 0.750. The zero-order valence-corrected chi connectivity index (χ0v) is 12.2. The molecular weight excluding hydrogens is 264 g/mol. The smallest absolute Gasteiger partial charge is 0.245 e. The molecule has 6 nitrogen and oxygen atoms in total. The minimum absolute atomic E-state index is 0.0931. The third-order valence-electron chi connectivity index (χ3n) is 2.96. The number of aromatic nitrogens is 2. The van der Waals surface area contributed by atoms with Gasteiger partial charge in [0, 0.05) is 19.5 Å². The van der Waals surface area contributed by atoms with Crippen molar-refractivity contribution in [2.75, 3.05) is 31.6 Å². The molecule has 2 rings (SSSR count). The molecule has 1 saturated heterocycles. The third kappa shape index (κ3) is 3.87. The highest BCUT2D eigenvalue weighted by Gasteiger charge is 2.23. The van der Waals surface area contributed by atoms with Gasteiger partial charge in [-0.1, -0.05) is 18.3 Å².